The van der Waals surface area contributed by atoms with Gasteiger partial charge in [-0.1, -0.05) is 12.1 Å². The minimum atomic E-state index is -1.09. The Morgan fingerprint density at radius 3 is 2.65 bits per heavy atom. The number of rotatable bonds is 2. The molecule has 1 aromatic carbocycles. The van der Waals surface area contributed by atoms with E-state index < -0.39 is 5.97 Å². The van der Waals surface area contributed by atoms with Crippen molar-refractivity contribution in [3.05, 3.63) is 36.2 Å². The third-order valence-corrected chi connectivity index (χ3v) is 2.32. The molecule has 0 saturated carbocycles. The van der Waals surface area contributed by atoms with E-state index >= 15 is 0 Å². The predicted octanol–water partition coefficient (Wildman–Crippen LogP) is 1.89. The maximum atomic E-state index is 11.0. The molecule has 2 N–H and O–H groups in total. The fourth-order valence-corrected chi connectivity index (χ4v) is 1.68. The normalized spacial score (nSPS) is 10.2. The molecule has 1 aromatic heterocycles. The summed E-state index contributed by atoms with van der Waals surface area (Å²) in [5.41, 5.74) is 0.564. The van der Waals surface area contributed by atoms with E-state index in [1.54, 1.807) is 24.3 Å². The number of amides is 1. The number of pyridine rings is 1. The van der Waals surface area contributed by atoms with Crippen LogP contribution in [0.15, 0.2) is 30.5 Å². The molecular weight excluding hydrogens is 220 g/mol. The first-order chi connectivity index (χ1) is 8.09. The average molecular weight is 230 g/mol. The average Bonchev–Trinajstić information content (AvgIpc) is 2.28. The second kappa shape index (κ2) is 4.21. The molecule has 1 amide bonds. The standard InChI is InChI=1S/C12H10N2O3/c1-7(15)14-10-4-2-3-9-8(10)5-6-13-11(9)12(16)17/h2-6H,1H3,(H,14,15)(H,16,17). The van der Waals surface area contributed by atoms with Gasteiger partial charge in [-0.2, -0.15) is 0 Å². The van der Waals surface area contributed by atoms with Crippen molar-refractivity contribution < 1.29 is 14.7 Å². The summed E-state index contributed by atoms with van der Waals surface area (Å²) in [6.45, 7) is 1.40. The molecule has 0 bridgehead atoms. The molecule has 0 fully saturated rings. The number of nitrogens with zero attached hydrogens (tertiary/aromatic N) is 1. The summed E-state index contributed by atoms with van der Waals surface area (Å²) in [5, 5.41) is 12.8. The molecule has 1 heterocycles. The number of benzene rings is 1. The minimum absolute atomic E-state index is 0.0188. The number of carbonyl (C=O) groups excluding carboxylic acids is 1. The van der Waals surface area contributed by atoms with Crippen LogP contribution >= 0.6 is 0 Å². The van der Waals surface area contributed by atoms with Crippen LogP contribution in [-0.4, -0.2) is 22.0 Å². The number of carbonyl (C=O) groups is 2. The van der Waals surface area contributed by atoms with Crippen LogP contribution in [0.2, 0.25) is 0 Å². The Bertz CT molecular complexity index is 608. The highest BCUT2D eigenvalue weighted by atomic mass is 16.4. The highest BCUT2D eigenvalue weighted by Gasteiger charge is 2.11. The number of nitrogens with one attached hydrogen (secondary N) is 1. The summed E-state index contributed by atoms with van der Waals surface area (Å²) in [6, 6.07) is 6.74. The summed E-state index contributed by atoms with van der Waals surface area (Å²) in [5.74, 6) is -1.29. The molecule has 2 rings (SSSR count). The molecule has 0 unspecified atom stereocenters. The first kappa shape index (κ1) is 11.1. The quantitative estimate of drug-likeness (QED) is 0.825. The first-order valence-electron chi connectivity index (χ1n) is 4.98. The SMILES string of the molecule is CC(=O)Nc1cccc2c(C(=O)O)nccc12. The van der Waals surface area contributed by atoms with Crippen LogP contribution in [0.4, 0.5) is 5.69 Å². The zero-order chi connectivity index (χ0) is 12.4. The maximum absolute atomic E-state index is 11.0. The Hall–Kier alpha value is -2.43. The molecule has 86 valence electrons. The van der Waals surface area contributed by atoms with E-state index in [-0.39, 0.29) is 11.6 Å². The summed E-state index contributed by atoms with van der Waals surface area (Å²) in [4.78, 5) is 25.8. The summed E-state index contributed by atoms with van der Waals surface area (Å²) < 4.78 is 0. The lowest BCUT2D eigenvalue weighted by Crippen LogP contribution is -2.07. The van der Waals surface area contributed by atoms with Crippen LogP contribution in [0.1, 0.15) is 17.4 Å². The van der Waals surface area contributed by atoms with E-state index in [0.717, 1.165) is 0 Å². The van der Waals surface area contributed by atoms with Gasteiger partial charge in [-0.05, 0) is 12.1 Å². The Labute approximate surface area is 97.1 Å². The predicted molar refractivity (Wildman–Crippen MR) is 63.0 cm³/mol. The number of aromatic nitrogens is 1. The van der Waals surface area contributed by atoms with E-state index in [1.807, 2.05) is 0 Å². The second-order valence-electron chi connectivity index (χ2n) is 3.55. The van der Waals surface area contributed by atoms with E-state index in [0.29, 0.717) is 16.5 Å². The number of carboxylic acid groups (broad SMARTS) is 1. The van der Waals surface area contributed by atoms with Crippen LogP contribution < -0.4 is 5.32 Å². The molecule has 17 heavy (non-hydrogen) atoms. The lowest BCUT2D eigenvalue weighted by Gasteiger charge is -2.07. The summed E-state index contributed by atoms with van der Waals surface area (Å²) in [7, 11) is 0. The smallest absolute Gasteiger partial charge is 0.355 e. The topological polar surface area (TPSA) is 79.3 Å². The van der Waals surface area contributed by atoms with Crippen LogP contribution in [0.25, 0.3) is 10.8 Å². The van der Waals surface area contributed by atoms with Crippen molar-refractivity contribution in [2.24, 2.45) is 0 Å². The number of fused-ring (bicyclic) bond motifs is 1. The Balaban J connectivity index is 2.69. The Morgan fingerprint density at radius 1 is 1.24 bits per heavy atom. The molecule has 0 aliphatic rings. The third kappa shape index (κ3) is 2.08. The van der Waals surface area contributed by atoms with Crippen molar-refractivity contribution in [3.63, 3.8) is 0 Å². The molecule has 0 spiro atoms. The Morgan fingerprint density at radius 2 is 2.00 bits per heavy atom. The molecule has 0 aliphatic carbocycles. The van der Waals surface area contributed by atoms with Gasteiger partial charge in [-0.3, -0.25) is 4.79 Å². The number of hydrogen-bond donors (Lipinski definition) is 2. The van der Waals surface area contributed by atoms with E-state index in [1.165, 1.54) is 13.1 Å². The van der Waals surface area contributed by atoms with Crippen molar-refractivity contribution in [1.29, 1.82) is 0 Å². The van der Waals surface area contributed by atoms with Gasteiger partial charge in [0, 0.05) is 29.6 Å². The van der Waals surface area contributed by atoms with Gasteiger partial charge >= 0.3 is 5.97 Å². The van der Waals surface area contributed by atoms with Crippen LogP contribution in [0.5, 0.6) is 0 Å². The first-order valence-corrected chi connectivity index (χ1v) is 4.98. The zero-order valence-electron chi connectivity index (χ0n) is 9.10. The van der Waals surface area contributed by atoms with Crippen molar-refractivity contribution in [1.82, 2.24) is 4.98 Å². The Kier molecular flexibility index (Phi) is 2.74. The summed E-state index contributed by atoms with van der Waals surface area (Å²) >= 11 is 0. The number of carboxylic acids is 1. The summed E-state index contributed by atoms with van der Waals surface area (Å²) in [6.07, 6.45) is 1.41. The highest BCUT2D eigenvalue weighted by molar-refractivity contribution is 6.08. The fourth-order valence-electron chi connectivity index (χ4n) is 1.68. The van der Waals surface area contributed by atoms with Crippen molar-refractivity contribution in [2.45, 2.75) is 6.92 Å². The van der Waals surface area contributed by atoms with Gasteiger partial charge in [0.2, 0.25) is 5.91 Å². The van der Waals surface area contributed by atoms with Crippen LogP contribution in [0.3, 0.4) is 0 Å². The van der Waals surface area contributed by atoms with E-state index in [9.17, 15) is 9.59 Å². The monoisotopic (exact) mass is 230 g/mol. The number of anilines is 1. The molecule has 0 atom stereocenters. The van der Waals surface area contributed by atoms with Gasteiger partial charge in [-0.15, -0.1) is 0 Å². The van der Waals surface area contributed by atoms with Gasteiger partial charge in [0.15, 0.2) is 5.69 Å². The fraction of sp³-hybridized carbons (Fsp3) is 0.0833. The largest absolute Gasteiger partial charge is 0.476 e. The molecular formula is C12H10N2O3. The lowest BCUT2D eigenvalue weighted by atomic mass is 10.1. The van der Waals surface area contributed by atoms with Gasteiger partial charge in [0.25, 0.3) is 0 Å². The van der Waals surface area contributed by atoms with Gasteiger partial charge in [0.05, 0.1) is 0 Å². The van der Waals surface area contributed by atoms with Crippen molar-refractivity contribution in [2.75, 3.05) is 5.32 Å². The second-order valence-corrected chi connectivity index (χ2v) is 3.55. The lowest BCUT2D eigenvalue weighted by molar-refractivity contribution is -0.114. The highest BCUT2D eigenvalue weighted by Crippen LogP contribution is 2.24. The molecule has 0 aliphatic heterocycles. The molecule has 0 saturated heterocycles. The number of aromatic carboxylic acids is 1. The minimum Gasteiger partial charge on any atom is -0.476 e. The molecule has 0 radical (unpaired) electrons. The van der Waals surface area contributed by atoms with Crippen LogP contribution in [0, 0.1) is 0 Å². The zero-order valence-corrected chi connectivity index (χ0v) is 9.10. The molecule has 5 heteroatoms. The van der Waals surface area contributed by atoms with E-state index in [4.69, 9.17) is 5.11 Å². The maximum Gasteiger partial charge on any atom is 0.355 e. The molecule has 2 aromatic rings. The van der Waals surface area contributed by atoms with Gasteiger partial charge in [0.1, 0.15) is 0 Å². The van der Waals surface area contributed by atoms with Crippen molar-refractivity contribution in [3.8, 4) is 0 Å². The van der Waals surface area contributed by atoms with E-state index in [2.05, 4.69) is 10.3 Å². The molecule has 5 nitrogen and oxygen atoms in total. The van der Waals surface area contributed by atoms with Crippen LogP contribution in [-0.2, 0) is 4.79 Å². The van der Waals surface area contributed by atoms with Gasteiger partial charge in [-0.25, -0.2) is 9.78 Å². The third-order valence-electron chi connectivity index (χ3n) is 2.32. The van der Waals surface area contributed by atoms with Gasteiger partial charge < -0.3 is 10.4 Å². The number of hydrogen-bond acceptors (Lipinski definition) is 3. The van der Waals surface area contributed by atoms with Crippen molar-refractivity contribution >= 4 is 28.3 Å².